The molecule has 0 aliphatic rings. The SMILES string of the molecule is CN(C)c1ccc(Cn2nc(OS(C)(=O)=O)c3[nH]c4cc(Cl)ccc4c(=O)c3c2=O)cc1. The number of hydrogen-bond acceptors (Lipinski definition) is 7. The van der Waals surface area contributed by atoms with Crippen molar-refractivity contribution in [1.29, 1.82) is 0 Å². The lowest BCUT2D eigenvalue weighted by Crippen LogP contribution is -2.29. The topological polar surface area (TPSA) is 114 Å². The summed E-state index contributed by atoms with van der Waals surface area (Å²) >= 11 is 6.01. The Labute approximate surface area is 187 Å². The van der Waals surface area contributed by atoms with E-state index in [9.17, 15) is 18.0 Å². The molecule has 1 N–H and O–H groups in total. The van der Waals surface area contributed by atoms with E-state index in [1.165, 1.54) is 18.2 Å². The van der Waals surface area contributed by atoms with Crippen molar-refractivity contribution in [3.05, 3.63) is 73.6 Å². The lowest BCUT2D eigenvalue weighted by molar-refractivity contribution is 0.467. The number of anilines is 1. The van der Waals surface area contributed by atoms with Gasteiger partial charge in [0.25, 0.3) is 11.4 Å². The number of fused-ring (bicyclic) bond motifs is 2. The first-order valence-corrected chi connectivity index (χ1v) is 11.6. The molecule has 0 aliphatic heterocycles. The molecule has 0 amide bonds. The average molecular weight is 475 g/mol. The Bertz CT molecular complexity index is 1570. The highest BCUT2D eigenvalue weighted by atomic mass is 35.5. The molecule has 0 saturated carbocycles. The van der Waals surface area contributed by atoms with E-state index < -0.39 is 27.0 Å². The smallest absolute Gasteiger partial charge is 0.307 e. The summed E-state index contributed by atoms with van der Waals surface area (Å²) in [5.41, 5.74) is 0.670. The minimum Gasteiger partial charge on any atom is -0.378 e. The zero-order chi connectivity index (χ0) is 23.2. The number of nitrogens with one attached hydrogen (secondary N) is 1. The van der Waals surface area contributed by atoms with Gasteiger partial charge in [0.2, 0.25) is 5.43 Å². The van der Waals surface area contributed by atoms with Gasteiger partial charge in [-0.05, 0) is 35.9 Å². The van der Waals surface area contributed by atoms with Gasteiger partial charge >= 0.3 is 10.1 Å². The highest BCUT2D eigenvalue weighted by Gasteiger charge is 2.20. The summed E-state index contributed by atoms with van der Waals surface area (Å²) in [6.45, 7) is 0.0146. The van der Waals surface area contributed by atoms with E-state index in [1.54, 1.807) is 0 Å². The third kappa shape index (κ3) is 4.19. The van der Waals surface area contributed by atoms with Gasteiger partial charge in [-0.15, -0.1) is 5.10 Å². The van der Waals surface area contributed by atoms with Gasteiger partial charge in [0.15, 0.2) is 0 Å². The van der Waals surface area contributed by atoms with Crippen LogP contribution in [0.4, 0.5) is 5.69 Å². The third-order valence-electron chi connectivity index (χ3n) is 4.85. The van der Waals surface area contributed by atoms with Crippen LogP contribution in [0.25, 0.3) is 21.8 Å². The van der Waals surface area contributed by atoms with Gasteiger partial charge in [0, 0.05) is 30.2 Å². The minimum absolute atomic E-state index is 0.0146. The quantitative estimate of drug-likeness (QED) is 0.348. The van der Waals surface area contributed by atoms with Gasteiger partial charge in [-0.2, -0.15) is 8.42 Å². The molecule has 4 aromatic rings. The van der Waals surface area contributed by atoms with Crippen LogP contribution >= 0.6 is 11.6 Å². The summed E-state index contributed by atoms with van der Waals surface area (Å²) in [6, 6.07) is 11.9. The molecule has 2 aromatic heterocycles. The van der Waals surface area contributed by atoms with Crippen LogP contribution in [0.5, 0.6) is 5.88 Å². The summed E-state index contributed by atoms with van der Waals surface area (Å²) in [4.78, 5) is 31.2. The molecule has 2 aromatic carbocycles. The van der Waals surface area contributed by atoms with Crippen LogP contribution in [0.15, 0.2) is 52.1 Å². The zero-order valence-electron chi connectivity index (χ0n) is 17.4. The summed E-state index contributed by atoms with van der Waals surface area (Å²) in [7, 11) is -0.181. The number of rotatable bonds is 5. The third-order valence-corrected chi connectivity index (χ3v) is 5.55. The van der Waals surface area contributed by atoms with Crippen LogP contribution in [0.3, 0.4) is 0 Å². The number of hydrogen-bond donors (Lipinski definition) is 1. The molecule has 0 fully saturated rings. The molecular weight excluding hydrogens is 456 g/mol. The fourth-order valence-corrected chi connectivity index (χ4v) is 3.92. The fraction of sp³-hybridized carbons (Fsp3) is 0.190. The van der Waals surface area contributed by atoms with Crippen LogP contribution in [0.2, 0.25) is 5.02 Å². The van der Waals surface area contributed by atoms with Crippen molar-refractivity contribution in [3.8, 4) is 5.88 Å². The summed E-state index contributed by atoms with van der Waals surface area (Å²) < 4.78 is 29.7. The number of aromatic amines is 1. The van der Waals surface area contributed by atoms with Crippen LogP contribution in [-0.2, 0) is 16.7 Å². The van der Waals surface area contributed by atoms with Crippen molar-refractivity contribution in [1.82, 2.24) is 14.8 Å². The normalized spacial score (nSPS) is 11.8. The number of halogens is 1. The Morgan fingerprint density at radius 2 is 1.81 bits per heavy atom. The van der Waals surface area contributed by atoms with E-state index in [1.807, 2.05) is 43.3 Å². The molecule has 0 atom stereocenters. The molecular formula is C21H19ClN4O5S. The maximum Gasteiger partial charge on any atom is 0.307 e. The van der Waals surface area contributed by atoms with Gasteiger partial charge in [-0.1, -0.05) is 23.7 Å². The lowest BCUT2D eigenvalue weighted by Gasteiger charge is -2.14. The first-order chi connectivity index (χ1) is 15.0. The van der Waals surface area contributed by atoms with Crippen molar-refractivity contribution in [2.45, 2.75) is 6.54 Å². The van der Waals surface area contributed by atoms with Crippen molar-refractivity contribution >= 4 is 49.2 Å². The number of aromatic nitrogens is 3. The van der Waals surface area contributed by atoms with Gasteiger partial charge in [-0.25, -0.2) is 4.68 Å². The minimum atomic E-state index is -3.99. The van der Waals surface area contributed by atoms with Crippen LogP contribution < -0.4 is 20.1 Å². The molecule has 4 rings (SSSR count). The zero-order valence-corrected chi connectivity index (χ0v) is 19.0. The van der Waals surface area contributed by atoms with Crippen LogP contribution in [0, 0.1) is 0 Å². The second-order valence-electron chi connectivity index (χ2n) is 7.51. The Morgan fingerprint density at radius 3 is 2.44 bits per heavy atom. The molecule has 32 heavy (non-hydrogen) atoms. The second-order valence-corrected chi connectivity index (χ2v) is 9.52. The van der Waals surface area contributed by atoms with Gasteiger partial charge in [0.1, 0.15) is 10.9 Å². The molecule has 2 heterocycles. The summed E-state index contributed by atoms with van der Waals surface area (Å²) in [6.07, 6.45) is 0.853. The highest BCUT2D eigenvalue weighted by molar-refractivity contribution is 7.86. The maximum atomic E-state index is 13.2. The molecule has 0 unspecified atom stereocenters. The Kier molecular flexibility index (Phi) is 5.43. The Morgan fingerprint density at radius 1 is 1.12 bits per heavy atom. The predicted octanol–water partition coefficient (Wildman–Crippen LogP) is 2.34. The van der Waals surface area contributed by atoms with Gasteiger partial charge in [0.05, 0.1) is 18.3 Å². The average Bonchev–Trinajstić information content (AvgIpc) is 2.70. The van der Waals surface area contributed by atoms with E-state index in [4.69, 9.17) is 15.8 Å². The lowest BCUT2D eigenvalue weighted by atomic mass is 10.1. The Balaban J connectivity index is 1.97. The van der Waals surface area contributed by atoms with E-state index in [0.29, 0.717) is 10.5 Å². The van der Waals surface area contributed by atoms with Gasteiger partial charge < -0.3 is 14.1 Å². The fourth-order valence-electron chi connectivity index (χ4n) is 3.34. The molecule has 0 aliphatic carbocycles. The summed E-state index contributed by atoms with van der Waals surface area (Å²) in [5, 5.41) is 4.44. The maximum absolute atomic E-state index is 13.2. The number of nitrogens with zero attached hydrogens (tertiary/aromatic N) is 3. The highest BCUT2D eigenvalue weighted by Crippen LogP contribution is 2.23. The second kappa shape index (κ2) is 7.95. The first-order valence-electron chi connectivity index (χ1n) is 9.45. The molecule has 9 nitrogen and oxygen atoms in total. The van der Waals surface area contributed by atoms with Crippen molar-refractivity contribution in [3.63, 3.8) is 0 Å². The van der Waals surface area contributed by atoms with Crippen LogP contribution in [0.1, 0.15) is 5.56 Å². The van der Waals surface area contributed by atoms with Gasteiger partial charge in [-0.3, -0.25) is 9.59 Å². The van der Waals surface area contributed by atoms with E-state index in [2.05, 4.69) is 10.1 Å². The number of pyridine rings is 1. The largest absolute Gasteiger partial charge is 0.378 e. The van der Waals surface area contributed by atoms with E-state index in [-0.39, 0.29) is 22.8 Å². The van der Waals surface area contributed by atoms with Crippen molar-refractivity contribution in [2.24, 2.45) is 0 Å². The first kappa shape index (κ1) is 21.8. The van der Waals surface area contributed by atoms with Crippen molar-refractivity contribution in [2.75, 3.05) is 25.3 Å². The van der Waals surface area contributed by atoms with E-state index >= 15 is 0 Å². The molecule has 11 heteroatoms. The molecule has 0 saturated heterocycles. The van der Waals surface area contributed by atoms with Crippen molar-refractivity contribution < 1.29 is 12.6 Å². The van der Waals surface area contributed by atoms with E-state index in [0.717, 1.165) is 22.2 Å². The molecule has 0 spiro atoms. The van der Waals surface area contributed by atoms with Crippen LogP contribution in [-0.4, -0.2) is 43.5 Å². The molecule has 0 bridgehead atoms. The predicted molar refractivity (Wildman–Crippen MR) is 124 cm³/mol. The summed E-state index contributed by atoms with van der Waals surface area (Å²) in [5.74, 6) is -0.397. The molecule has 166 valence electrons. The Hall–Kier alpha value is -3.37. The molecule has 0 radical (unpaired) electrons. The standard InChI is InChI=1S/C21H19ClN4O5S/c1-25(2)14-7-4-12(5-8-14)11-26-21(28)17-18(20(24-26)31-32(3,29)30)23-16-10-13(22)6-9-15(16)19(17)27/h4-10H,11H2,1-3H3,(H,23,27). The number of benzene rings is 2. The monoisotopic (exact) mass is 474 g/mol. The number of H-pyrrole nitrogens is 1.